The Hall–Kier alpha value is -0.926. The summed E-state index contributed by atoms with van der Waals surface area (Å²) in [4.78, 5) is 23.5. The highest BCUT2D eigenvalue weighted by atomic mass is 28.3. The van der Waals surface area contributed by atoms with Crippen LogP contribution in [0.4, 0.5) is 0 Å². The molecule has 0 aliphatic heterocycles. The van der Waals surface area contributed by atoms with Gasteiger partial charge in [0.05, 0.1) is 11.1 Å². The van der Waals surface area contributed by atoms with E-state index in [-0.39, 0.29) is 32.4 Å². The lowest BCUT2D eigenvalue weighted by Crippen LogP contribution is -2.42. The van der Waals surface area contributed by atoms with E-state index < -0.39 is 22.8 Å². The van der Waals surface area contributed by atoms with Crippen LogP contribution in [0.15, 0.2) is 11.1 Å². The molecule has 0 aromatic carbocycles. The van der Waals surface area contributed by atoms with E-state index >= 15 is 0 Å². The van der Waals surface area contributed by atoms with Crippen LogP contribution in [0.5, 0.6) is 0 Å². The van der Waals surface area contributed by atoms with Crippen LogP contribution in [0.25, 0.3) is 0 Å². The second kappa shape index (κ2) is 7.56. The third-order valence-electron chi connectivity index (χ3n) is 4.85. The summed E-state index contributed by atoms with van der Waals surface area (Å²) < 4.78 is 5.03. The molecule has 7 heteroatoms. The number of carboxylic acid groups (broad SMARTS) is 2. The topological polar surface area (TPSA) is 83.8 Å². The van der Waals surface area contributed by atoms with Crippen molar-refractivity contribution in [3.05, 3.63) is 11.1 Å². The second-order valence-corrected chi connectivity index (χ2v) is 8.76. The van der Waals surface area contributed by atoms with Gasteiger partial charge in [0, 0.05) is 5.41 Å². The molecule has 0 aliphatic carbocycles. The molecule has 0 saturated heterocycles. The van der Waals surface area contributed by atoms with E-state index in [0.717, 1.165) is 0 Å². The predicted octanol–water partition coefficient (Wildman–Crippen LogP) is 2.69. The van der Waals surface area contributed by atoms with Gasteiger partial charge in [-0.25, -0.2) is 9.59 Å². The quantitative estimate of drug-likeness (QED) is 0.524. The molecule has 22 heavy (non-hydrogen) atoms. The van der Waals surface area contributed by atoms with E-state index in [4.69, 9.17) is 4.12 Å². The first-order chi connectivity index (χ1) is 9.82. The van der Waals surface area contributed by atoms with Gasteiger partial charge in [0.1, 0.15) is 0 Å². The molecule has 0 fully saturated rings. The fourth-order valence-corrected chi connectivity index (χ4v) is 3.82. The predicted molar refractivity (Wildman–Crippen MR) is 86.7 cm³/mol. The maximum Gasteiger partial charge on any atom is 0.332 e. The van der Waals surface area contributed by atoms with Crippen molar-refractivity contribution >= 4 is 32.2 Å². The molecule has 0 saturated carbocycles. The van der Waals surface area contributed by atoms with Gasteiger partial charge in [0.15, 0.2) is 0 Å². The Bertz CT molecular complexity index is 467. The van der Waals surface area contributed by atoms with Gasteiger partial charge in [-0.2, -0.15) is 0 Å². The smallest absolute Gasteiger partial charge is 0.332 e. The summed E-state index contributed by atoms with van der Waals surface area (Å²) in [5.41, 5.74) is -1.38. The molecule has 0 bridgehead atoms. The molecule has 2 N–H and O–H groups in total. The van der Waals surface area contributed by atoms with Gasteiger partial charge in [-0.1, -0.05) is 48.5 Å². The summed E-state index contributed by atoms with van der Waals surface area (Å²) in [6.45, 7) is 12.8. The number of aliphatic carboxylic acids is 2. The molecule has 0 heterocycles. The molecule has 0 amide bonds. The van der Waals surface area contributed by atoms with Crippen molar-refractivity contribution in [1.29, 1.82) is 0 Å². The highest BCUT2D eigenvalue weighted by Gasteiger charge is 2.48. The first kappa shape index (κ1) is 21.1. The molecule has 0 spiro atoms. The van der Waals surface area contributed by atoms with E-state index in [9.17, 15) is 19.8 Å². The number of carboxylic acids is 2. The van der Waals surface area contributed by atoms with Crippen LogP contribution < -0.4 is 0 Å². The first-order valence-electron chi connectivity index (χ1n) is 7.11. The van der Waals surface area contributed by atoms with E-state index in [1.807, 2.05) is 20.8 Å². The summed E-state index contributed by atoms with van der Waals surface area (Å²) in [6.07, 6.45) is 0. The van der Waals surface area contributed by atoms with Crippen LogP contribution in [-0.4, -0.2) is 42.4 Å². The average Bonchev–Trinajstić information content (AvgIpc) is 2.33. The number of hydrogen-bond acceptors (Lipinski definition) is 3. The Morgan fingerprint density at radius 3 is 1.77 bits per heavy atom. The lowest BCUT2D eigenvalue weighted by molar-refractivity contribution is -0.138. The molecular formula is C15H25O5Si2. The van der Waals surface area contributed by atoms with Gasteiger partial charge >= 0.3 is 11.9 Å². The molecule has 0 aromatic rings. The summed E-state index contributed by atoms with van der Waals surface area (Å²) in [5, 5.41) is 19.2. The Morgan fingerprint density at radius 2 is 1.50 bits per heavy atom. The fourth-order valence-electron chi connectivity index (χ4n) is 2.46. The van der Waals surface area contributed by atoms with Gasteiger partial charge in [-0.3, -0.25) is 0 Å². The van der Waals surface area contributed by atoms with E-state index in [1.54, 1.807) is 27.7 Å². The summed E-state index contributed by atoms with van der Waals surface area (Å²) >= 11 is 0. The van der Waals surface area contributed by atoms with E-state index in [0.29, 0.717) is 0 Å². The van der Waals surface area contributed by atoms with Crippen LogP contribution in [-0.2, 0) is 13.7 Å². The third kappa shape index (κ3) is 4.08. The zero-order valence-corrected chi connectivity index (χ0v) is 16.3. The minimum atomic E-state index is -1.18. The zero-order valence-electron chi connectivity index (χ0n) is 14.3. The van der Waals surface area contributed by atoms with E-state index in [1.165, 1.54) is 0 Å². The highest BCUT2D eigenvalue weighted by molar-refractivity contribution is 6.36. The minimum absolute atomic E-state index is 0.0365. The van der Waals surface area contributed by atoms with Crippen molar-refractivity contribution in [2.75, 3.05) is 0 Å². The minimum Gasteiger partial charge on any atom is -0.478 e. The average molecular weight is 342 g/mol. The largest absolute Gasteiger partial charge is 0.478 e. The maximum absolute atomic E-state index is 11.9. The van der Waals surface area contributed by atoms with Crippen molar-refractivity contribution in [3.8, 4) is 0 Å². The van der Waals surface area contributed by atoms with Crippen molar-refractivity contribution in [3.63, 3.8) is 0 Å². The van der Waals surface area contributed by atoms with Crippen LogP contribution in [0.1, 0.15) is 48.5 Å². The summed E-state index contributed by atoms with van der Waals surface area (Å²) in [7, 11) is 3.12. The Morgan fingerprint density at radius 1 is 1.05 bits per heavy atom. The fraction of sp³-hybridized carbons (Fsp3) is 0.733. The third-order valence-corrected chi connectivity index (χ3v) is 6.39. The lowest BCUT2D eigenvalue weighted by atomic mass is 9.60. The van der Waals surface area contributed by atoms with Gasteiger partial charge < -0.3 is 14.3 Å². The molecule has 0 aliphatic rings. The number of rotatable bonds is 8. The molecule has 1 atom stereocenters. The molecule has 0 aromatic heterocycles. The highest BCUT2D eigenvalue weighted by Crippen LogP contribution is 2.52. The first-order valence-corrected chi connectivity index (χ1v) is 8.51. The number of hydrogen-bond donors (Lipinski definition) is 2. The van der Waals surface area contributed by atoms with E-state index in [2.05, 4.69) is 10.5 Å². The molecule has 123 valence electrons. The molecule has 1 unspecified atom stereocenters. The lowest BCUT2D eigenvalue weighted by Gasteiger charge is -2.46. The SMILES string of the molecule is CC(C)/C(C(=O)O)=C(\C(=O)O)C(C)(C)C(C)(C)C(C)[Si]O[Si]. The molecule has 5 radical (unpaired) electrons. The van der Waals surface area contributed by atoms with Gasteiger partial charge in [0.2, 0.25) is 20.2 Å². The normalized spacial score (nSPS) is 15.5. The van der Waals surface area contributed by atoms with Crippen LogP contribution >= 0.6 is 0 Å². The second-order valence-electron chi connectivity index (χ2n) is 6.84. The van der Waals surface area contributed by atoms with Crippen molar-refractivity contribution in [2.45, 2.75) is 54.0 Å². The van der Waals surface area contributed by atoms with Gasteiger partial charge in [-0.05, 0) is 16.9 Å². The summed E-state index contributed by atoms with van der Waals surface area (Å²) in [6, 6.07) is 0. The van der Waals surface area contributed by atoms with Gasteiger partial charge in [-0.15, -0.1) is 0 Å². The number of carbonyl (C=O) groups is 2. The molecular weight excluding hydrogens is 316 g/mol. The Labute approximate surface area is 138 Å². The van der Waals surface area contributed by atoms with Crippen LogP contribution in [0.2, 0.25) is 5.54 Å². The maximum atomic E-state index is 11.9. The van der Waals surface area contributed by atoms with Crippen molar-refractivity contribution < 1.29 is 23.9 Å². The standard InChI is InChI=1S/C15H25O5Si2/c1-8(2)10(12(16)17)11(13(18)19)15(6,7)14(4,5)9(3)22-20-21/h8-9H,1-7H3,(H,16,17)(H,18,19)/b11-10-. The molecule has 5 nitrogen and oxygen atoms in total. The van der Waals surface area contributed by atoms with Crippen LogP contribution in [0, 0.1) is 16.7 Å². The monoisotopic (exact) mass is 341 g/mol. The molecule has 0 rings (SSSR count). The Balaban J connectivity index is 6.33. The van der Waals surface area contributed by atoms with Gasteiger partial charge in [0.25, 0.3) is 0 Å². The van der Waals surface area contributed by atoms with Crippen molar-refractivity contribution in [1.82, 2.24) is 0 Å². The Kier molecular flexibility index (Phi) is 7.24. The van der Waals surface area contributed by atoms with Crippen LogP contribution in [0.3, 0.4) is 0 Å². The summed E-state index contributed by atoms with van der Waals surface area (Å²) in [5.74, 6) is -2.75. The zero-order chi connectivity index (χ0) is 17.9. The van der Waals surface area contributed by atoms with Crippen molar-refractivity contribution in [2.24, 2.45) is 16.7 Å².